The fraction of sp³-hybridized carbons (Fsp3) is 0.650. The van der Waals surface area contributed by atoms with E-state index in [4.69, 9.17) is 4.99 Å². The van der Waals surface area contributed by atoms with E-state index in [-0.39, 0.29) is 10.4 Å². The van der Waals surface area contributed by atoms with Gasteiger partial charge in [-0.05, 0) is 49.9 Å². The fourth-order valence-electron chi connectivity index (χ4n) is 4.60. The van der Waals surface area contributed by atoms with Crippen molar-refractivity contribution in [3.8, 4) is 0 Å². The molecule has 28 heavy (non-hydrogen) atoms. The van der Waals surface area contributed by atoms with E-state index in [2.05, 4.69) is 10.6 Å². The first-order valence-corrected chi connectivity index (χ1v) is 11.8. The molecule has 1 aliphatic carbocycles. The van der Waals surface area contributed by atoms with Gasteiger partial charge < -0.3 is 10.6 Å². The van der Waals surface area contributed by atoms with Crippen LogP contribution in [-0.4, -0.2) is 56.3 Å². The molecule has 3 aliphatic rings. The summed E-state index contributed by atoms with van der Waals surface area (Å²) in [5.41, 5.74) is -0.259. The average Bonchev–Trinajstić information content (AvgIpc) is 2.71. The molecule has 2 N–H and O–H groups in total. The van der Waals surface area contributed by atoms with Crippen molar-refractivity contribution in [3.05, 3.63) is 30.1 Å². The summed E-state index contributed by atoms with van der Waals surface area (Å²) in [6.07, 6.45) is 7.56. The van der Waals surface area contributed by atoms with Crippen LogP contribution in [0.3, 0.4) is 0 Å². The third kappa shape index (κ3) is 3.95. The Labute approximate surface area is 166 Å². The Bertz CT molecular complexity index is 811. The lowest BCUT2D eigenvalue weighted by Gasteiger charge is -2.45. The quantitative estimate of drug-likeness (QED) is 0.805. The monoisotopic (exact) mass is 408 g/mol. The number of nitrogens with one attached hydrogen (secondary N) is 2. The third-order valence-corrected chi connectivity index (χ3v) is 8.18. The van der Waals surface area contributed by atoms with Gasteiger partial charge in [0.1, 0.15) is 11.7 Å². The summed E-state index contributed by atoms with van der Waals surface area (Å²) in [5.74, 6) is 0.585. The maximum absolute atomic E-state index is 13.2. The number of rotatable bonds is 3. The lowest BCUT2D eigenvalue weighted by Crippen LogP contribution is -2.65. The minimum atomic E-state index is -3.60. The third-order valence-electron chi connectivity index (χ3n) is 6.27. The van der Waals surface area contributed by atoms with Crippen LogP contribution in [0.2, 0.25) is 0 Å². The molecule has 1 saturated heterocycles. The van der Waals surface area contributed by atoms with Gasteiger partial charge in [0.25, 0.3) is 0 Å². The molecule has 0 radical (unpaired) electrons. The molecule has 2 aliphatic heterocycles. The molecule has 8 heteroatoms. The van der Waals surface area contributed by atoms with Crippen molar-refractivity contribution in [1.29, 1.82) is 0 Å². The molecule has 1 spiro atoms. The molecule has 0 aromatic heterocycles. The van der Waals surface area contributed by atoms with Crippen molar-refractivity contribution in [2.45, 2.75) is 61.4 Å². The summed E-state index contributed by atoms with van der Waals surface area (Å²) in [6, 6.07) is 5.54. The highest BCUT2D eigenvalue weighted by Crippen LogP contribution is 2.30. The molecule has 1 aromatic rings. The second-order valence-corrected chi connectivity index (χ2v) is 10.0. The van der Waals surface area contributed by atoms with Crippen LogP contribution in [0.15, 0.2) is 34.2 Å². The first-order chi connectivity index (χ1) is 13.5. The summed E-state index contributed by atoms with van der Waals surface area (Å²) in [7, 11) is -3.60. The smallest absolute Gasteiger partial charge is 0.243 e. The number of piperidine rings is 1. The van der Waals surface area contributed by atoms with E-state index in [1.807, 2.05) is 0 Å². The second kappa shape index (κ2) is 8.08. The van der Waals surface area contributed by atoms with Crippen LogP contribution in [0, 0.1) is 5.82 Å². The number of amidine groups is 1. The van der Waals surface area contributed by atoms with E-state index < -0.39 is 15.8 Å². The van der Waals surface area contributed by atoms with Gasteiger partial charge in [-0.25, -0.2) is 12.8 Å². The Hall–Kier alpha value is -1.51. The van der Waals surface area contributed by atoms with Gasteiger partial charge in [0.2, 0.25) is 10.0 Å². The molecule has 4 rings (SSSR count). The van der Waals surface area contributed by atoms with Crippen LogP contribution in [0.25, 0.3) is 0 Å². The topological polar surface area (TPSA) is 73.8 Å². The number of benzene rings is 1. The van der Waals surface area contributed by atoms with Crippen LogP contribution in [0.1, 0.15) is 44.9 Å². The highest BCUT2D eigenvalue weighted by atomic mass is 32.2. The maximum Gasteiger partial charge on any atom is 0.243 e. The molecular formula is C20H29FN4O2S. The zero-order valence-electron chi connectivity index (χ0n) is 16.2. The largest absolute Gasteiger partial charge is 0.370 e. The van der Waals surface area contributed by atoms with Gasteiger partial charge >= 0.3 is 0 Å². The normalized spacial score (nSPS) is 24.1. The van der Waals surface area contributed by atoms with Gasteiger partial charge in [0, 0.05) is 25.7 Å². The lowest BCUT2D eigenvalue weighted by molar-refractivity contribution is 0.238. The molecular weight excluding hydrogens is 379 g/mol. The molecule has 6 nitrogen and oxygen atoms in total. The Morgan fingerprint density at radius 1 is 1.11 bits per heavy atom. The van der Waals surface area contributed by atoms with Gasteiger partial charge in [0.05, 0.1) is 17.0 Å². The first kappa shape index (κ1) is 19.8. The summed E-state index contributed by atoms with van der Waals surface area (Å²) < 4.78 is 40.5. The highest BCUT2D eigenvalue weighted by molar-refractivity contribution is 7.89. The molecule has 1 aromatic carbocycles. The van der Waals surface area contributed by atoms with E-state index in [9.17, 15) is 12.8 Å². The first-order valence-electron chi connectivity index (χ1n) is 10.3. The second-order valence-electron chi connectivity index (χ2n) is 8.08. The van der Waals surface area contributed by atoms with Crippen molar-refractivity contribution in [1.82, 2.24) is 14.9 Å². The number of hydrogen-bond acceptors (Lipinski definition) is 5. The number of nitrogens with zero attached hydrogens (tertiary/aromatic N) is 2. The number of halogens is 1. The van der Waals surface area contributed by atoms with E-state index in [1.165, 1.54) is 60.7 Å². The van der Waals surface area contributed by atoms with Crippen LogP contribution in [0.5, 0.6) is 0 Å². The van der Waals surface area contributed by atoms with E-state index in [0.29, 0.717) is 32.0 Å². The van der Waals surface area contributed by atoms with E-state index >= 15 is 0 Å². The minimum Gasteiger partial charge on any atom is -0.370 e. The fourth-order valence-corrected chi connectivity index (χ4v) is 6.04. The molecule has 0 unspecified atom stereocenters. The van der Waals surface area contributed by atoms with Gasteiger partial charge in [-0.3, -0.25) is 4.99 Å². The van der Waals surface area contributed by atoms with Crippen molar-refractivity contribution < 1.29 is 12.8 Å². The van der Waals surface area contributed by atoms with Gasteiger partial charge in [-0.1, -0.05) is 19.3 Å². The predicted octanol–water partition coefficient (Wildman–Crippen LogP) is 2.27. The van der Waals surface area contributed by atoms with Gasteiger partial charge in [-0.15, -0.1) is 0 Å². The van der Waals surface area contributed by atoms with E-state index in [1.54, 1.807) is 0 Å². The van der Waals surface area contributed by atoms with Crippen molar-refractivity contribution in [2.24, 2.45) is 4.99 Å². The van der Waals surface area contributed by atoms with Crippen molar-refractivity contribution in [3.63, 3.8) is 0 Å². The van der Waals surface area contributed by atoms with E-state index in [0.717, 1.165) is 18.9 Å². The molecule has 2 heterocycles. The maximum atomic E-state index is 13.2. The average molecular weight is 409 g/mol. The minimum absolute atomic E-state index is 0.149. The molecule has 2 fully saturated rings. The Balaban J connectivity index is 1.46. The zero-order chi connectivity index (χ0) is 19.6. The van der Waals surface area contributed by atoms with Crippen molar-refractivity contribution in [2.75, 3.05) is 26.2 Å². The van der Waals surface area contributed by atoms with Crippen LogP contribution in [-0.2, 0) is 10.0 Å². The number of aliphatic imine (C=N–C) groups is 1. The summed E-state index contributed by atoms with van der Waals surface area (Å²) in [5, 5.41) is 7.32. The lowest BCUT2D eigenvalue weighted by atomic mass is 9.84. The number of sulfonamides is 1. The predicted molar refractivity (Wildman–Crippen MR) is 107 cm³/mol. The van der Waals surface area contributed by atoms with Gasteiger partial charge in [0.15, 0.2) is 0 Å². The highest BCUT2D eigenvalue weighted by Gasteiger charge is 2.43. The molecule has 154 valence electrons. The van der Waals surface area contributed by atoms with Crippen LogP contribution >= 0.6 is 0 Å². The summed E-state index contributed by atoms with van der Waals surface area (Å²) >= 11 is 0. The Kier molecular flexibility index (Phi) is 5.71. The SMILES string of the molecule is O=S(=O)(c1ccc(F)cc1)N1CCC2(CC1)NCCN=C2NC1CCCCC1. The summed E-state index contributed by atoms with van der Waals surface area (Å²) in [4.78, 5) is 4.94. The van der Waals surface area contributed by atoms with Crippen LogP contribution < -0.4 is 10.6 Å². The summed E-state index contributed by atoms with van der Waals surface area (Å²) in [6.45, 7) is 2.44. The van der Waals surface area contributed by atoms with Crippen LogP contribution in [0.4, 0.5) is 4.39 Å². The molecule has 1 saturated carbocycles. The standard InChI is InChI=1S/C20H29FN4O2S/c21-16-6-8-18(9-7-16)28(26,27)25-14-10-20(11-15-25)19(22-12-13-23-20)24-17-4-2-1-3-5-17/h6-9,17,23H,1-5,10-15H2,(H,22,24). The van der Waals surface area contributed by atoms with Gasteiger partial charge in [-0.2, -0.15) is 4.31 Å². The van der Waals surface area contributed by atoms with Crippen molar-refractivity contribution >= 4 is 15.9 Å². The molecule has 0 amide bonds. The number of hydrogen-bond donors (Lipinski definition) is 2. The zero-order valence-corrected chi connectivity index (χ0v) is 17.0. The molecule has 0 bridgehead atoms. The Morgan fingerprint density at radius 3 is 2.46 bits per heavy atom. The Morgan fingerprint density at radius 2 is 1.79 bits per heavy atom. The molecule has 0 atom stereocenters.